The highest BCUT2D eigenvalue weighted by atomic mass is 19.4. The zero-order valence-electron chi connectivity index (χ0n) is 18.3. The van der Waals surface area contributed by atoms with Crippen molar-refractivity contribution in [3.63, 3.8) is 0 Å². The van der Waals surface area contributed by atoms with Crippen LogP contribution in [-0.2, 0) is 0 Å². The Labute approximate surface area is 181 Å². The second-order valence-electron chi connectivity index (χ2n) is 8.65. The molecule has 31 heavy (non-hydrogen) atoms. The monoisotopic (exact) mass is 437 g/mol. The van der Waals surface area contributed by atoms with Crippen LogP contribution < -0.4 is 10.2 Å². The van der Waals surface area contributed by atoms with Crippen LogP contribution in [0, 0.1) is 0 Å². The lowest BCUT2D eigenvalue weighted by Gasteiger charge is -2.42. The van der Waals surface area contributed by atoms with Crippen LogP contribution in [0.4, 0.5) is 23.7 Å². The van der Waals surface area contributed by atoms with E-state index < -0.39 is 18.3 Å². The Bertz CT molecular complexity index is 863. The smallest absolute Gasteiger partial charge is 0.377 e. The van der Waals surface area contributed by atoms with Crippen molar-refractivity contribution in [2.24, 2.45) is 0 Å². The van der Waals surface area contributed by atoms with Crippen molar-refractivity contribution in [2.45, 2.75) is 37.4 Å². The van der Waals surface area contributed by atoms with Crippen LogP contribution in [-0.4, -0.2) is 72.8 Å². The molecule has 1 unspecified atom stereocenters. The molecule has 6 nitrogen and oxygen atoms in total. The number of carbonyl (C=O) groups is 1. The highest BCUT2D eigenvalue weighted by Crippen LogP contribution is 2.44. The topological polar surface area (TPSA) is 51.7 Å². The van der Waals surface area contributed by atoms with E-state index in [1.807, 2.05) is 32.0 Å². The Balaban J connectivity index is 1.65. The first-order valence-corrected chi connectivity index (χ1v) is 10.3. The number of anilines is 1. The SMILES string of the molecule is C=Cc1cnc(C(C)C(=C)NC(=O)N2CCN(CC(F)(F)F)CC23CC3)cc1N(C)C. The van der Waals surface area contributed by atoms with E-state index in [2.05, 4.69) is 23.5 Å². The average molecular weight is 438 g/mol. The molecule has 0 radical (unpaired) electrons. The number of hydrogen-bond donors (Lipinski definition) is 1. The van der Waals surface area contributed by atoms with E-state index in [1.165, 1.54) is 4.90 Å². The fraction of sp³-hybridized carbons (Fsp3) is 0.545. The summed E-state index contributed by atoms with van der Waals surface area (Å²) in [5.41, 5.74) is 2.63. The van der Waals surface area contributed by atoms with Crippen molar-refractivity contribution in [1.82, 2.24) is 20.1 Å². The normalized spacial score (nSPS) is 19.1. The fourth-order valence-corrected chi connectivity index (χ4v) is 4.08. The standard InChI is InChI=1S/C22H30F3N5O/c1-6-17-12-26-18(11-19(17)28(4)5)15(2)16(3)27-20(31)30-10-9-29(14-22(23,24)25)13-21(30)7-8-21/h6,11-12,15H,1,3,7-10,13-14H2,2,4-5H3,(H,27,31). The molecule has 0 bridgehead atoms. The van der Waals surface area contributed by atoms with Crippen LogP contribution in [0.5, 0.6) is 0 Å². The number of nitrogens with one attached hydrogen (secondary N) is 1. The third-order valence-electron chi connectivity index (χ3n) is 6.07. The zero-order valence-corrected chi connectivity index (χ0v) is 18.3. The second-order valence-corrected chi connectivity index (χ2v) is 8.65. The molecule has 1 N–H and O–H groups in total. The lowest BCUT2D eigenvalue weighted by molar-refractivity contribution is -0.151. The molecular formula is C22H30F3N5O. The molecule has 1 saturated heterocycles. The van der Waals surface area contributed by atoms with E-state index in [0.717, 1.165) is 16.9 Å². The van der Waals surface area contributed by atoms with E-state index in [1.54, 1.807) is 17.2 Å². The summed E-state index contributed by atoms with van der Waals surface area (Å²) in [4.78, 5) is 22.5. The fourth-order valence-electron chi connectivity index (χ4n) is 4.08. The Kier molecular flexibility index (Phi) is 6.36. The van der Waals surface area contributed by atoms with Gasteiger partial charge in [-0.2, -0.15) is 13.2 Å². The van der Waals surface area contributed by atoms with Gasteiger partial charge in [0.05, 0.1) is 17.8 Å². The van der Waals surface area contributed by atoms with Gasteiger partial charge in [0.15, 0.2) is 0 Å². The van der Waals surface area contributed by atoms with Gasteiger partial charge >= 0.3 is 12.2 Å². The van der Waals surface area contributed by atoms with Gasteiger partial charge in [-0.15, -0.1) is 0 Å². The van der Waals surface area contributed by atoms with Gasteiger partial charge < -0.3 is 15.1 Å². The third-order valence-corrected chi connectivity index (χ3v) is 6.07. The zero-order chi connectivity index (χ0) is 23.0. The number of amides is 2. The van der Waals surface area contributed by atoms with Crippen LogP contribution >= 0.6 is 0 Å². The quantitative estimate of drug-likeness (QED) is 0.735. The summed E-state index contributed by atoms with van der Waals surface area (Å²) in [6, 6.07) is 1.63. The Morgan fingerprint density at radius 2 is 2.06 bits per heavy atom. The molecule has 1 aliphatic heterocycles. The summed E-state index contributed by atoms with van der Waals surface area (Å²) < 4.78 is 38.3. The van der Waals surface area contributed by atoms with Gasteiger partial charge in [-0.05, 0) is 18.9 Å². The Hall–Kier alpha value is -2.55. The number of urea groups is 1. The first-order chi connectivity index (χ1) is 14.5. The van der Waals surface area contributed by atoms with E-state index >= 15 is 0 Å². The molecule has 9 heteroatoms. The highest BCUT2D eigenvalue weighted by Gasteiger charge is 2.54. The van der Waals surface area contributed by atoms with Crippen LogP contribution in [0.15, 0.2) is 31.1 Å². The van der Waals surface area contributed by atoms with Crippen molar-refractivity contribution in [1.29, 1.82) is 0 Å². The molecule has 1 atom stereocenters. The van der Waals surface area contributed by atoms with Crippen molar-refractivity contribution < 1.29 is 18.0 Å². The first-order valence-electron chi connectivity index (χ1n) is 10.3. The number of aromatic nitrogens is 1. The van der Waals surface area contributed by atoms with Crippen LogP contribution in [0.3, 0.4) is 0 Å². The molecule has 1 aromatic rings. The maximum Gasteiger partial charge on any atom is 0.401 e. The first kappa shape index (κ1) is 23.1. The van der Waals surface area contributed by atoms with Crippen LogP contribution in [0.25, 0.3) is 6.08 Å². The average Bonchev–Trinajstić information content (AvgIpc) is 3.44. The molecule has 2 heterocycles. The van der Waals surface area contributed by atoms with Gasteiger partial charge in [0.2, 0.25) is 0 Å². The second kappa shape index (κ2) is 8.53. The minimum atomic E-state index is -4.23. The van der Waals surface area contributed by atoms with E-state index in [9.17, 15) is 18.0 Å². The predicted molar refractivity (Wildman–Crippen MR) is 116 cm³/mol. The molecule has 1 aliphatic carbocycles. The molecule has 2 amide bonds. The largest absolute Gasteiger partial charge is 0.401 e. The van der Waals surface area contributed by atoms with E-state index in [0.29, 0.717) is 18.5 Å². The number of allylic oxidation sites excluding steroid dienone is 1. The van der Waals surface area contributed by atoms with Gasteiger partial charge in [0.1, 0.15) is 0 Å². The summed E-state index contributed by atoms with van der Waals surface area (Å²) in [5, 5.41) is 2.86. The number of hydrogen-bond acceptors (Lipinski definition) is 4. The molecule has 1 spiro atoms. The van der Waals surface area contributed by atoms with Gasteiger partial charge in [-0.25, -0.2) is 4.79 Å². The van der Waals surface area contributed by atoms with Crippen molar-refractivity contribution in [2.75, 3.05) is 45.2 Å². The number of alkyl halides is 3. The lowest BCUT2D eigenvalue weighted by Crippen LogP contribution is -2.60. The van der Waals surface area contributed by atoms with Crippen molar-refractivity contribution >= 4 is 17.8 Å². The van der Waals surface area contributed by atoms with Crippen LogP contribution in [0.1, 0.15) is 36.9 Å². The molecule has 0 aromatic carbocycles. The third kappa shape index (κ3) is 5.20. The predicted octanol–water partition coefficient (Wildman–Crippen LogP) is 3.83. The Morgan fingerprint density at radius 3 is 2.61 bits per heavy atom. The summed E-state index contributed by atoms with van der Waals surface area (Å²) >= 11 is 0. The molecule has 3 rings (SSSR count). The maximum atomic E-state index is 12.9. The highest BCUT2D eigenvalue weighted by molar-refractivity contribution is 5.78. The summed E-state index contributed by atoms with van der Waals surface area (Å²) in [6.07, 6.45) is 0.675. The number of rotatable bonds is 6. The number of carbonyl (C=O) groups excluding carboxylic acids is 1. The summed E-state index contributed by atoms with van der Waals surface area (Å²) in [7, 11) is 3.86. The molecular weight excluding hydrogens is 407 g/mol. The Morgan fingerprint density at radius 1 is 1.39 bits per heavy atom. The molecule has 1 aromatic heterocycles. The number of nitrogens with zero attached hydrogens (tertiary/aromatic N) is 4. The van der Waals surface area contributed by atoms with Gasteiger partial charge in [-0.3, -0.25) is 9.88 Å². The summed E-state index contributed by atoms with van der Waals surface area (Å²) in [5.74, 6) is -0.233. The molecule has 2 aliphatic rings. The van der Waals surface area contributed by atoms with Crippen molar-refractivity contribution in [3.05, 3.63) is 42.4 Å². The molecule has 1 saturated carbocycles. The minimum Gasteiger partial charge on any atom is -0.377 e. The maximum absolute atomic E-state index is 12.9. The van der Waals surface area contributed by atoms with E-state index in [-0.39, 0.29) is 31.6 Å². The number of piperazine rings is 1. The van der Waals surface area contributed by atoms with Crippen molar-refractivity contribution in [3.8, 4) is 0 Å². The van der Waals surface area contributed by atoms with Gasteiger partial charge in [-0.1, -0.05) is 26.2 Å². The lowest BCUT2D eigenvalue weighted by atomic mass is 10.0. The van der Waals surface area contributed by atoms with Gasteiger partial charge in [0, 0.05) is 62.8 Å². The van der Waals surface area contributed by atoms with Crippen LogP contribution in [0.2, 0.25) is 0 Å². The summed E-state index contributed by atoms with van der Waals surface area (Å²) in [6.45, 7) is 9.52. The molecule has 2 fully saturated rings. The minimum absolute atomic E-state index is 0.202. The van der Waals surface area contributed by atoms with Gasteiger partial charge in [0.25, 0.3) is 0 Å². The van der Waals surface area contributed by atoms with E-state index in [4.69, 9.17) is 0 Å². The number of halogens is 3. The molecule has 170 valence electrons. The number of pyridine rings is 1.